The molecule has 0 bridgehead atoms. The van der Waals surface area contributed by atoms with E-state index in [1.54, 1.807) is 0 Å². The summed E-state index contributed by atoms with van der Waals surface area (Å²) in [6.07, 6.45) is 4.54. The Balaban J connectivity index is 1.95. The number of hydrogen-bond acceptors (Lipinski definition) is 2. The molecule has 1 atom stereocenters. The molecular formula is C16H22F2N2. The maximum absolute atomic E-state index is 14.2. The van der Waals surface area contributed by atoms with Crippen LogP contribution in [-0.2, 0) is 0 Å². The number of halogens is 2. The van der Waals surface area contributed by atoms with Crippen LogP contribution in [0.3, 0.4) is 0 Å². The van der Waals surface area contributed by atoms with Crippen LogP contribution in [0, 0.1) is 17.6 Å². The van der Waals surface area contributed by atoms with E-state index in [1.165, 1.54) is 31.0 Å². The van der Waals surface area contributed by atoms with Gasteiger partial charge in [0.2, 0.25) is 0 Å². The highest BCUT2D eigenvalue weighted by Gasteiger charge is 2.35. The Morgan fingerprint density at radius 3 is 2.25 bits per heavy atom. The van der Waals surface area contributed by atoms with E-state index in [9.17, 15) is 8.78 Å². The highest BCUT2D eigenvalue weighted by atomic mass is 19.1. The van der Waals surface area contributed by atoms with Crippen molar-refractivity contribution in [3.63, 3.8) is 0 Å². The zero-order valence-corrected chi connectivity index (χ0v) is 11.7. The summed E-state index contributed by atoms with van der Waals surface area (Å²) in [4.78, 5) is 2.27. The Bertz CT molecular complexity index is 432. The molecule has 20 heavy (non-hydrogen) atoms. The quantitative estimate of drug-likeness (QED) is 0.915. The molecule has 4 heteroatoms. The SMILES string of the molecule is Fc1cccc(F)c1[C@@H](C1CCCC1)N1CCNCC1. The Labute approximate surface area is 119 Å². The van der Waals surface area contributed by atoms with Gasteiger partial charge in [-0.05, 0) is 30.9 Å². The molecule has 0 unspecified atom stereocenters. The van der Waals surface area contributed by atoms with E-state index in [0.717, 1.165) is 39.0 Å². The normalized spacial score (nSPS) is 23.1. The van der Waals surface area contributed by atoms with Gasteiger partial charge < -0.3 is 5.32 Å². The molecule has 2 aliphatic rings. The predicted molar refractivity (Wildman–Crippen MR) is 75.5 cm³/mol. The standard InChI is InChI=1S/C16H22F2N2/c17-13-6-3-7-14(18)15(13)16(12-4-1-2-5-12)20-10-8-19-9-11-20/h3,6-7,12,16,19H,1-2,4-5,8-11H2/t16-/m1/s1. The minimum atomic E-state index is -0.388. The molecular weight excluding hydrogens is 258 g/mol. The van der Waals surface area contributed by atoms with Gasteiger partial charge in [0.25, 0.3) is 0 Å². The summed E-state index contributed by atoms with van der Waals surface area (Å²) in [6.45, 7) is 3.54. The molecule has 1 aromatic rings. The van der Waals surface area contributed by atoms with Crippen molar-refractivity contribution in [3.8, 4) is 0 Å². The molecule has 2 nitrogen and oxygen atoms in total. The van der Waals surface area contributed by atoms with Crippen molar-refractivity contribution in [2.45, 2.75) is 31.7 Å². The second-order valence-electron chi connectivity index (χ2n) is 5.91. The summed E-state index contributed by atoms with van der Waals surface area (Å²) in [7, 11) is 0. The number of benzene rings is 1. The lowest BCUT2D eigenvalue weighted by molar-refractivity contribution is 0.119. The molecule has 3 rings (SSSR count). The lowest BCUT2D eigenvalue weighted by atomic mass is 9.89. The smallest absolute Gasteiger partial charge is 0.130 e. The highest BCUT2D eigenvalue weighted by Crippen LogP contribution is 2.41. The zero-order valence-electron chi connectivity index (χ0n) is 11.7. The summed E-state index contributed by atoms with van der Waals surface area (Å²) in [5, 5.41) is 3.31. The first kappa shape index (κ1) is 14.0. The summed E-state index contributed by atoms with van der Waals surface area (Å²) in [5.41, 5.74) is 0.293. The topological polar surface area (TPSA) is 15.3 Å². The van der Waals surface area contributed by atoms with Crippen molar-refractivity contribution >= 4 is 0 Å². The third-order valence-corrected chi connectivity index (χ3v) is 4.69. The Morgan fingerprint density at radius 1 is 1.05 bits per heavy atom. The van der Waals surface area contributed by atoms with Crippen LogP contribution in [0.25, 0.3) is 0 Å². The lowest BCUT2D eigenvalue weighted by Gasteiger charge is -2.38. The van der Waals surface area contributed by atoms with Crippen LogP contribution >= 0.6 is 0 Å². The molecule has 0 spiro atoms. The maximum atomic E-state index is 14.2. The fraction of sp³-hybridized carbons (Fsp3) is 0.625. The second kappa shape index (κ2) is 6.19. The molecule has 1 aliphatic heterocycles. The Kier molecular flexibility index (Phi) is 4.32. The first-order valence-corrected chi connectivity index (χ1v) is 7.66. The monoisotopic (exact) mass is 280 g/mol. The summed E-state index contributed by atoms with van der Waals surface area (Å²) >= 11 is 0. The molecule has 1 saturated carbocycles. The van der Waals surface area contributed by atoms with Crippen molar-refractivity contribution in [1.29, 1.82) is 0 Å². The number of piperazine rings is 1. The molecule has 0 aromatic heterocycles. The van der Waals surface area contributed by atoms with Crippen LogP contribution < -0.4 is 5.32 Å². The summed E-state index contributed by atoms with van der Waals surface area (Å²) < 4.78 is 28.5. The fourth-order valence-corrected chi connectivity index (χ4v) is 3.74. The third-order valence-electron chi connectivity index (χ3n) is 4.69. The molecule has 1 saturated heterocycles. The van der Waals surface area contributed by atoms with Gasteiger partial charge in [0, 0.05) is 37.8 Å². The van der Waals surface area contributed by atoms with Crippen molar-refractivity contribution in [2.75, 3.05) is 26.2 Å². The van der Waals surface area contributed by atoms with Gasteiger partial charge in [-0.25, -0.2) is 8.78 Å². The van der Waals surface area contributed by atoms with E-state index in [2.05, 4.69) is 10.2 Å². The minimum absolute atomic E-state index is 0.0965. The number of hydrogen-bond donors (Lipinski definition) is 1. The van der Waals surface area contributed by atoms with Crippen LogP contribution in [0.2, 0.25) is 0 Å². The van der Waals surface area contributed by atoms with E-state index >= 15 is 0 Å². The van der Waals surface area contributed by atoms with Crippen LogP contribution in [0.15, 0.2) is 18.2 Å². The van der Waals surface area contributed by atoms with Crippen LogP contribution in [0.5, 0.6) is 0 Å². The largest absolute Gasteiger partial charge is 0.314 e. The van der Waals surface area contributed by atoms with Gasteiger partial charge in [0.1, 0.15) is 11.6 Å². The average molecular weight is 280 g/mol. The Hall–Kier alpha value is -1.00. The summed E-state index contributed by atoms with van der Waals surface area (Å²) in [5.74, 6) is -0.389. The van der Waals surface area contributed by atoms with E-state index in [-0.39, 0.29) is 17.7 Å². The second-order valence-corrected chi connectivity index (χ2v) is 5.91. The van der Waals surface area contributed by atoms with Gasteiger partial charge in [-0.15, -0.1) is 0 Å². The van der Waals surface area contributed by atoms with Crippen molar-refractivity contribution < 1.29 is 8.78 Å². The van der Waals surface area contributed by atoms with Crippen molar-refractivity contribution in [1.82, 2.24) is 10.2 Å². The van der Waals surface area contributed by atoms with Crippen LogP contribution in [-0.4, -0.2) is 31.1 Å². The lowest BCUT2D eigenvalue weighted by Crippen LogP contribution is -2.47. The van der Waals surface area contributed by atoms with E-state index in [1.807, 2.05) is 0 Å². The average Bonchev–Trinajstić information content (AvgIpc) is 2.98. The first-order valence-electron chi connectivity index (χ1n) is 7.66. The fourth-order valence-electron chi connectivity index (χ4n) is 3.74. The van der Waals surface area contributed by atoms with Crippen molar-refractivity contribution in [2.24, 2.45) is 5.92 Å². The molecule has 110 valence electrons. The maximum Gasteiger partial charge on any atom is 0.130 e. The Morgan fingerprint density at radius 2 is 1.65 bits per heavy atom. The molecule has 1 aromatic carbocycles. The zero-order chi connectivity index (χ0) is 13.9. The molecule has 1 aliphatic carbocycles. The van der Waals surface area contributed by atoms with Gasteiger partial charge in [0.05, 0.1) is 0 Å². The van der Waals surface area contributed by atoms with Crippen molar-refractivity contribution in [3.05, 3.63) is 35.4 Å². The first-order chi connectivity index (χ1) is 9.77. The van der Waals surface area contributed by atoms with Gasteiger partial charge in [-0.2, -0.15) is 0 Å². The molecule has 2 fully saturated rings. The highest BCUT2D eigenvalue weighted by molar-refractivity contribution is 5.24. The summed E-state index contributed by atoms with van der Waals surface area (Å²) in [6, 6.07) is 4.14. The minimum Gasteiger partial charge on any atom is -0.314 e. The van der Waals surface area contributed by atoms with Gasteiger partial charge in [0.15, 0.2) is 0 Å². The molecule has 1 N–H and O–H groups in total. The molecule has 0 amide bonds. The number of nitrogens with zero attached hydrogens (tertiary/aromatic N) is 1. The molecule has 0 radical (unpaired) electrons. The van der Waals surface area contributed by atoms with E-state index < -0.39 is 0 Å². The number of nitrogens with one attached hydrogen (secondary N) is 1. The van der Waals surface area contributed by atoms with Gasteiger partial charge in [-0.1, -0.05) is 18.9 Å². The molecule has 1 heterocycles. The van der Waals surface area contributed by atoms with E-state index in [4.69, 9.17) is 0 Å². The van der Waals surface area contributed by atoms with Gasteiger partial charge in [-0.3, -0.25) is 4.90 Å². The van der Waals surface area contributed by atoms with Gasteiger partial charge >= 0.3 is 0 Å². The van der Waals surface area contributed by atoms with E-state index in [0.29, 0.717) is 11.5 Å². The third kappa shape index (κ3) is 2.72. The predicted octanol–water partition coefficient (Wildman–Crippen LogP) is 3.10. The number of rotatable bonds is 3. The van der Waals surface area contributed by atoms with Crippen LogP contribution in [0.4, 0.5) is 8.78 Å². The van der Waals surface area contributed by atoms with Crippen LogP contribution in [0.1, 0.15) is 37.3 Å².